The Morgan fingerprint density at radius 3 is 0.695 bits per heavy atom. The van der Waals surface area contributed by atoms with Crippen LogP contribution in [0.1, 0.15) is 320 Å². The summed E-state index contributed by atoms with van der Waals surface area (Å²) in [6.07, 6.45) is 57.1. The van der Waals surface area contributed by atoms with Gasteiger partial charge in [0.05, 0.1) is 0 Å². The number of hydrogen-bond acceptors (Lipinski definition) is 1. The summed E-state index contributed by atoms with van der Waals surface area (Å²) in [6, 6.07) is 0. The van der Waals surface area contributed by atoms with Crippen LogP contribution in [0.4, 0.5) is 4.79 Å². The molecule has 346 valence electrons. The van der Waals surface area contributed by atoms with Crippen LogP contribution in [0.5, 0.6) is 0 Å². The maximum Gasteiger partial charge on any atom is 0.599 e. The van der Waals surface area contributed by atoms with Crippen LogP contribution in [0.3, 0.4) is 0 Å². The van der Waals surface area contributed by atoms with Crippen LogP contribution in [0.25, 0.3) is 0 Å². The molecule has 0 aliphatic carbocycles. The molecule has 1 aromatic heterocycles. The molecule has 0 radical (unpaired) electrons. The molecule has 0 bridgehead atoms. The lowest BCUT2D eigenvalue weighted by atomic mass is 9.85. The maximum absolute atomic E-state index is 13.7. The predicted octanol–water partition coefficient (Wildman–Crippen LogP) is 18.9. The molecule has 3 heteroatoms. The Balaban J connectivity index is 3.55. The molecule has 0 spiro atoms. The summed E-state index contributed by atoms with van der Waals surface area (Å²) < 4.78 is 1.93. The van der Waals surface area contributed by atoms with Crippen LogP contribution < -0.4 is 4.57 Å². The molecule has 0 saturated carbocycles. The van der Waals surface area contributed by atoms with Gasteiger partial charge in [-0.3, -0.25) is 0 Å². The molecule has 3 nitrogen and oxygen atoms in total. The first kappa shape index (κ1) is 55.6. The van der Waals surface area contributed by atoms with Crippen molar-refractivity contribution in [3.05, 3.63) is 28.1 Å². The van der Waals surface area contributed by atoms with E-state index in [9.17, 15) is 9.90 Å². The highest BCUT2D eigenvalue weighted by Gasteiger charge is 2.33. The molecule has 0 unspecified atom stereocenters. The smallest absolute Gasteiger partial charge is 0.427 e. The summed E-state index contributed by atoms with van der Waals surface area (Å²) in [6.45, 7) is 11.5. The average molecular weight is 825 g/mol. The minimum absolute atomic E-state index is 0.706. The van der Waals surface area contributed by atoms with Crippen LogP contribution in [0, 0.1) is 0 Å². The SMILES string of the molecule is CCCCCCCCCCc1c(CCCCCCCCCC)c(CCCCCCCCCC)[n+](C(=O)O)c(CCCCCCCCCC)c1CCCCCCCCCC. The van der Waals surface area contributed by atoms with E-state index in [-0.39, 0.29) is 0 Å². The highest BCUT2D eigenvalue weighted by atomic mass is 16.4. The molecule has 0 atom stereocenters. The van der Waals surface area contributed by atoms with Crippen molar-refractivity contribution < 1.29 is 14.5 Å². The third-order valence-electron chi connectivity index (χ3n) is 13.5. The summed E-state index contributed by atoms with van der Waals surface area (Å²) in [7, 11) is 0. The molecule has 0 aliphatic rings. The van der Waals surface area contributed by atoms with E-state index >= 15 is 0 Å². The average Bonchev–Trinajstić information content (AvgIpc) is 3.23. The van der Waals surface area contributed by atoms with Gasteiger partial charge in [0.15, 0.2) is 11.4 Å². The molecule has 59 heavy (non-hydrogen) atoms. The Hall–Kier alpha value is -1.38. The number of pyridine rings is 1. The van der Waals surface area contributed by atoms with Gasteiger partial charge in [0.1, 0.15) is 0 Å². The Morgan fingerprint density at radius 1 is 0.288 bits per heavy atom. The summed E-state index contributed by atoms with van der Waals surface area (Å²) in [5.41, 5.74) is 7.01. The largest absolute Gasteiger partial charge is 0.599 e. The van der Waals surface area contributed by atoms with Crippen molar-refractivity contribution in [2.75, 3.05) is 0 Å². The summed E-state index contributed by atoms with van der Waals surface area (Å²) in [5.74, 6) is 0. The van der Waals surface area contributed by atoms with E-state index in [0.29, 0.717) is 0 Å². The highest BCUT2D eigenvalue weighted by Crippen LogP contribution is 2.30. The first-order valence-corrected chi connectivity index (χ1v) is 27.4. The van der Waals surface area contributed by atoms with Gasteiger partial charge in [0.2, 0.25) is 0 Å². The molecule has 1 aromatic rings. The second-order valence-corrected chi connectivity index (χ2v) is 19.1. The van der Waals surface area contributed by atoms with Gasteiger partial charge in [-0.2, -0.15) is 4.79 Å². The molecule has 0 aromatic carbocycles. The number of rotatable bonds is 45. The Bertz CT molecular complexity index is 1010. The molecular formula is C56H106NO2+. The topological polar surface area (TPSA) is 41.2 Å². The molecular weight excluding hydrogens is 719 g/mol. The van der Waals surface area contributed by atoms with Crippen molar-refractivity contribution in [2.24, 2.45) is 0 Å². The molecule has 0 amide bonds. The van der Waals surface area contributed by atoms with E-state index in [1.807, 2.05) is 4.57 Å². The van der Waals surface area contributed by atoms with Gasteiger partial charge in [0.25, 0.3) is 0 Å². The summed E-state index contributed by atoms with van der Waals surface area (Å²) >= 11 is 0. The van der Waals surface area contributed by atoms with Crippen LogP contribution >= 0.6 is 0 Å². The van der Waals surface area contributed by atoms with Crippen LogP contribution in [-0.4, -0.2) is 11.2 Å². The zero-order valence-corrected chi connectivity index (χ0v) is 41.1. The van der Waals surface area contributed by atoms with E-state index < -0.39 is 6.09 Å². The molecule has 0 fully saturated rings. The number of nitrogens with zero attached hydrogens (tertiary/aromatic N) is 1. The Morgan fingerprint density at radius 2 is 0.475 bits per heavy atom. The number of hydrogen-bond donors (Lipinski definition) is 1. The van der Waals surface area contributed by atoms with Crippen molar-refractivity contribution in [1.82, 2.24) is 0 Å². The van der Waals surface area contributed by atoms with Crippen molar-refractivity contribution in [3.63, 3.8) is 0 Å². The van der Waals surface area contributed by atoms with E-state index in [1.54, 1.807) is 5.56 Å². The van der Waals surface area contributed by atoms with Crippen molar-refractivity contribution >= 4 is 6.09 Å². The molecule has 1 rings (SSSR count). The van der Waals surface area contributed by atoms with E-state index in [4.69, 9.17) is 0 Å². The normalized spacial score (nSPS) is 11.6. The predicted molar refractivity (Wildman–Crippen MR) is 262 cm³/mol. The summed E-state index contributed by atoms with van der Waals surface area (Å²) in [5, 5.41) is 11.3. The van der Waals surface area contributed by atoms with E-state index in [0.717, 1.165) is 44.9 Å². The van der Waals surface area contributed by atoms with Gasteiger partial charge in [0, 0.05) is 24.0 Å². The third kappa shape index (κ3) is 28.8. The lowest BCUT2D eigenvalue weighted by Crippen LogP contribution is -2.51. The fourth-order valence-corrected chi connectivity index (χ4v) is 9.77. The Labute approximate surface area is 370 Å². The summed E-state index contributed by atoms with van der Waals surface area (Å²) in [4.78, 5) is 13.7. The standard InChI is InChI=1S/C56H105NO2/c1-6-11-16-21-26-31-36-41-46-51-52(47-42-37-32-27-22-17-12-7-2)54(49-44-39-34-29-24-19-14-9-4)57(56(58)59)55(50-45-40-35-30-25-20-15-10-5)53(51)48-43-38-33-28-23-18-13-8-3/h6-50H2,1-5H3/p+1. The zero-order chi connectivity index (χ0) is 42.9. The van der Waals surface area contributed by atoms with E-state index in [1.165, 1.54) is 267 Å². The number of carbonyl (C=O) groups is 1. The highest BCUT2D eigenvalue weighted by molar-refractivity contribution is 5.56. The minimum atomic E-state index is -0.706. The van der Waals surface area contributed by atoms with Crippen molar-refractivity contribution in [3.8, 4) is 0 Å². The van der Waals surface area contributed by atoms with Crippen LogP contribution in [0.2, 0.25) is 0 Å². The number of aromatic nitrogens is 1. The van der Waals surface area contributed by atoms with Gasteiger partial charge in [-0.25, -0.2) is 0 Å². The lowest BCUT2D eigenvalue weighted by molar-refractivity contribution is -0.602. The third-order valence-corrected chi connectivity index (χ3v) is 13.5. The van der Waals surface area contributed by atoms with E-state index in [2.05, 4.69) is 34.6 Å². The lowest BCUT2D eigenvalue weighted by Gasteiger charge is -2.21. The second kappa shape index (κ2) is 41.9. The first-order chi connectivity index (χ1) is 29.1. The van der Waals surface area contributed by atoms with Gasteiger partial charge in [-0.15, -0.1) is 0 Å². The zero-order valence-electron chi connectivity index (χ0n) is 41.1. The van der Waals surface area contributed by atoms with Crippen molar-refractivity contribution in [1.29, 1.82) is 0 Å². The van der Waals surface area contributed by atoms with Gasteiger partial charge in [-0.05, 0) is 56.9 Å². The van der Waals surface area contributed by atoms with Gasteiger partial charge in [-0.1, -0.05) is 264 Å². The van der Waals surface area contributed by atoms with Gasteiger partial charge >= 0.3 is 6.09 Å². The monoisotopic (exact) mass is 825 g/mol. The van der Waals surface area contributed by atoms with Gasteiger partial charge < -0.3 is 5.11 Å². The Kier molecular flexibility index (Phi) is 39.6. The molecule has 1 heterocycles. The fraction of sp³-hybridized carbons (Fsp3) is 0.893. The number of carboxylic acid groups (broad SMARTS) is 1. The second-order valence-electron chi connectivity index (χ2n) is 19.1. The van der Waals surface area contributed by atoms with Crippen molar-refractivity contribution in [2.45, 2.75) is 324 Å². The molecule has 0 aliphatic heterocycles. The number of unbranched alkanes of at least 4 members (excludes halogenated alkanes) is 35. The quantitative estimate of drug-likeness (QED) is 0.0526. The first-order valence-electron chi connectivity index (χ1n) is 27.4. The minimum Gasteiger partial charge on any atom is -0.427 e. The molecule has 0 saturated heterocycles. The maximum atomic E-state index is 13.7. The van der Waals surface area contributed by atoms with Crippen LogP contribution in [0.15, 0.2) is 0 Å². The molecule has 1 N–H and O–H groups in total. The van der Waals surface area contributed by atoms with Crippen LogP contribution in [-0.2, 0) is 32.1 Å². The fourth-order valence-electron chi connectivity index (χ4n) is 9.77.